The van der Waals surface area contributed by atoms with Gasteiger partial charge in [-0.3, -0.25) is 4.90 Å². The van der Waals surface area contributed by atoms with Crippen LogP contribution in [0.15, 0.2) is 36.4 Å². The number of hydrogen-bond acceptors (Lipinski definition) is 3. The molecule has 20 heavy (non-hydrogen) atoms. The van der Waals surface area contributed by atoms with Crippen molar-refractivity contribution in [3.05, 3.63) is 42.0 Å². The Hall–Kier alpha value is -2.05. The molecule has 102 valence electrons. The van der Waals surface area contributed by atoms with Gasteiger partial charge in [-0.25, -0.2) is 0 Å². The predicted molar refractivity (Wildman–Crippen MR) is 79.8 cm³/mol. The van der Waals surface area contributed by atoms with E-state index in [9.17, 15) is 0 Å². The maximum atomic E-state index is 9.15. The number of nitrogens with zero attached hydrogens (tertiary/aromatic N) is 2. The lowest BCUT2D eigenvalue weighted by Crippen LogP contribution is -2.25. The molecule has 2 aromatic rings. The van der Waals surface area contributed by atoms with Crippen molar-refractivity contribution in [2.45, 2.75) is 12.8 Å². The van der Waals surface area contributed by atoms with Crippen molar-refractivity contribution in [1.82, 2.24) is 4.90 Å². The van der Waals surface area contributed by atoms with E-state index in [1.807, 2.05) is 36.4 Å². The lowest BCUT2D eigenvalue weighted by molar-refractivity contribution is 0.239. The maximum absolute atomic E-state index is 9.15. The van der Waals surface area contributed by atoms with Gasteiger partial charge in [-0.15, -0.1) is 0 Å². The minimum Gasteiger partial charge on any atom is -0.492 e. The monoisotopic (exact) mass is 266 g/mol. The van der Waals surface area contributed by atoms with Crippen molar-refractivity contribution in [3.63, 3.8) is 0 Å². The zero-order chi connectivity index (χ0) is 13.8. The molecule has 0 aliphatic carbocycles. The summed E-state index contributed by atoms with van der Waals surface area (Å²) in [6, 6.07) is 13.9. The van der Waals surface area contributed by atoms with Crippen molar-refractivity contribution in [3.8, 4) is 11.8 Å². The number of rotatable bonds is 4. The molecule has 1 saturated heterocycles. The molecular weight excluding hydrogens is 248 g/mol. The number of hydrogen-bond donors (Lipinski definition) is 0. The fraction of sp³-hybridized carbons (Fsp3) is 0.353. The van der Waals surface area contributed by atoms with Crippen LogP contribution >= 0.6 is 0 Å². The van der Waals surface area contributed by atoms with Crippen molar-refractivity contribution in [1.29, 1.82) is 5.26 Å². The predicted octanol–water partition coefficient (Wildman–Crippen LogP) is 3.19. The largest absolute Gasteiger partial charge is 0.492 e. The molecule has 0 spiro atoms. The first-order chi connectivity index (χ1) is 9.88. The normalized spacial score (nSPS) is 15.3. The number of nitriles is 1. The Morgan fingerprint density at radius 2 is 1.80 bits per heavy atom. The van der Waals surface area contributed by atoms with Gasteiger partial charge in [0.25, 0.3) is 0 Å². The van der Waals surface area contributed by atoms with E-state index in [0.29, 0.717) is 12.2 Å². The fourth-order valence-electron chi connectivity index (χ4n) is 2.79. The highest BCUT2D eigenvalue weighted by molar-refractivity contribution is 5.92. The summed E-state index contributed by atoms with van der Waals surface area (Å²) in [5.74, 6) is 0.874. The van der Waals surface area contributed by atoms with E-state index in [1.165, 1.54) is 25.9 Å². The standard InChI is InChI=1S/C17H18N2O/c18-13-14-7-8-17(16-6-2-1-5-15(14)16)20-12-11-19-9-3-4-10-19/h1-2,5-8H,3-4,9-12H2. The van der Waals surface area contributed by atoms with Gasteiger partial charge < -0.3 is 4.74 Å². The third-order valence-corrected chi connectivity index (χ3v) is 3.87. The van der Waals surface area contributed by atoms with Gasteiger partial charge in [0.15, 0.2) is 0 Å². The van der Waals surface area contributed by atoms with Gasteiger partial charge in [0.1, 0.15) is 12.4 Å². The van der Waals surface area contributed by atoms with Gasteiger partial charge in [0.05, 0.1) is 11.6 Å². The second kappa shape index (κ2) is 5.94. The molecule has 3 rings (SSSR count). The third-order valence-electron chi connectivity index (χ3n) is 3.87. The van der Waals surface area contributed by atoms with Gasteiger partial charge in [-0.2, -0.15) is 5.26 Å². The van der Waals surface area contributed by atoms with Gasteiger partial charge in [0.2, 0.25) is 0 Å². The Labute approximate surface area is 119 Å². The summed E-state index contributed by atoms with van der Waals surface area (Å²) in [5.41, 5.74) is 0.701. The molecule has 0 radical (unpaired) electrons. The van der Waals surface area contributed by atoms with E-state index >= 15 is 0 Å². The zero-order valence-electron chi connectivity index (χ0n) is 11.5. The number of ether oxygens (including phenoxy) is 1. The average Bonchev–Trinajstić information content (AvgIpc) is 3.01. The smallest absolute Gasteiger partial charge is 0.127 e. The van der Waals surface area contributed by atoms with Crippen LogP contribution in [0.25, 0.3) is 10.8 Å². The highest BCUT2D eigenvalue weighted by Crippen LogP contribution is 2.28. The van der Waals surface area contributed by atoms with Gasteiger partial charge >= 0.3 is 0 Å². The van der Waals surface area contributed by atoms with Gasteiger partial charge in [0, 0.05) is 17.3 Å². The molecule has 1 heterocycles. The van der Waals surface area contributed by atoms with Crippen molar-refractivity contribution >= 4 is 10.8 Å². The molecule has 0 amide bonds. The first-order valence-corrected chi connectivity index (χ1v) is 7.15. The molecule has 1 fully saturated rings. The van der Waals surface area contributed by atoms with Gasteiger partial charge in [-0.1, -0.05) is 24.3 Å². The lowest BCUT2D eigenvalue weighted by atomic mass is 10.0. The van der Waals surface area contributed by atoms with E-state index in [-0.39, 0.29) is 0 Å². The quantitative estimate of drug-likeness (QED) is 0.852. The van der Waals surface area contributed by atoms with Crippen LogP contribution in [0, 0.1) is 11.3 Å². The van der Waals surface area contributed by atoms with E-state index in [2.05, 4.69) is 11.0 Å². The molecular formula is C17H18N2O. The van der Waals surface area contributed by atoms with Crippen LogP contribution in [0.1, 0.15) is 18.4 Å². The van der Waals surface area contributed by atoms with Crippen LogP contribution in [-0.2, 0) is 0 Å². The topological polar surface area (TPSA) is 36.3 Å². The number of benzene rings is 2. The first kappa shape index (κ1) is 13.0. The molecule has 1 aliphatic heterocycles. The minimum absolute atomic E-state index is 0.701. The van der Waals surface area contributed by atoms with Crippen LogP contribution in [0.5, 0.6) is 5.75 Å². The van der Waals surface area contributed by atoms with Crippen molar-refractivity contribution < 1.29 is 4.74 Å². The molecule has 0 bridgehead atoms. The third kappa shape index (κ3) is 2.61. The Kier molecular flexibility index (Phi) is 3.85. The van der Waals surface area contributed by atoms with Crippen LogP contribution in [0.3, 0.4) is 0 Å². The molecule has 0 unspecified atom stereocenters. The molecule has 0 aromatic heterocycles. The molecule has 3 heteroatoms. The summed E-state index contributed by atoms with van der Waals surface area (Å²) in [7, 11) is 0. The second-order valence-electron chi connectivity index (χ2n) is 5.17. The Morgan fingerprint density at radius 3 is 2.55 bits per heavy atom. The van der Waals surface area contributed by atoms with Crippen LogP contribution in [0.2, 0.25) is 0 Å². The van der Waals surface area contributed by atoms with E-state index < -0.39 is 0 Å². The van der Waals surface area contributed by atoms with Gasteiger partial charge in [-0.05, 0) is 38.1 Å². The van der Waals surface area contributed by atoms with E-state index in [0.717, 1.165) is 23.1 Å². The summed E-state index contributed by atoms with van der Waals surface area (Å²) >= 11 is 0. The molecule has 0 N–H and O–H groups in total. The molecule has 2 aromatic carbocycles. The van der Waals surface area contributed by atoms with Crippen LogP contribution in [0.4, 0.5) is 0 Å². The Balaban J connectivity index is 1.76. The zero-order valence-corrected chi connectivity index (χ0v) is 11.5. The molecule has 3 nitrogen and oxygen atoms in total. The molecule has 0 atom stereocenters. The SMILES string of the molecule is N#Cc1ccc(OCCN2CCCC2)c2ccccc12. The molecule has 0 saturated carbocycles. The minimum atomic E-state index is 0.701. The summed E-state index contributed by atoms with van der Waals surface area (Å²) in [6.45, 7) is 4.07. The summed E-state index contributed by atoms with van der Waals surface area (Å²) in [6.07, 6.45) is 2.61. The van der Waals surface area contributed by atoms with Crippen molar-refractivity contribution in [2.75, 3.05) is 26.2 Å². The summed E-state index contributed by atoms with van der Waals surface area (Å²) < 4.78 is 5.93. The lowest BCUT2D eigenvalue weighted by Gasteiger charge is -2.16. The van der Waals surface area contributed by atoms with E-state index in [4.69, 9.17) is 10.00 Å². The highest BCUT2D eigenvalue weighted by Gasteiger charge is 2.11. The Bertz CT molecular complexity index is 639. The van der Waals surface area contributed by atoms with Crippen LogP contribution < -0.4 is 4.74 Å². The average molecular weight is 266 g/mol. The molecule has 1 aliphatic rings. The second-order valence-corrected chi connectivity index (χ2v) is 5.17. The highest BCUT2D eigenvalue weighted by atomic mass is 16.5. The van der Waals surface area contributed by atoms with Crippen molar-refractivity contribution in [2.24, 2.45) is 0 Å². The Morgan fingerprint density at radius 1 is 1.05 bits per heavy atom. The summed E-state index contributed by atoms with van der Waals surface area (Å²) in [5, 5.41) is 11.1. The number of likely N-dealkylation sites (tertiary alicyclic amines) is 1. The fourth-order valence-corrected chi connectivity index (χ4v) is 2.79. The maximum Gasteiger partial charge on any atom is 0.127 e. The van der Waals surface area contributed by atoms with Crippen LogP contribution in [-0.4, -0.2) is 31.1 Å². The number of fused-ring (bicyclic) bond motifs is 1. The summed E-state index contributed by atoms with van der Waals surface area (Å²) in [4.78, 5) is 2.44. The van der Waals surface area contributed by atoms with E-state index in [1.54, 1.807) is 0 Å². The first-order valence-electron chi connectivity index (χ1n) is 7.15.